The summed E-state index contributed by atoms with van der Waals surface area (Å²) >= 11 is 0. The molecule has 2 aromatic heterocycles. The molecule has 4 heteroatoms. The zero-order chi connectivity index (χ0) is 16.2. The standard InChI is InChI=1S/C19H21N3O/c1-14-13-18(21-19-16(14)8-6-9-17(19)23-3)22(2)12-10-15-7-4-5-11-20-15/h4-9,11,13H,10,12H2,1-3H3. The number of aryl methyl sites for hydroxylation is 1. The first kappa shape index (κ1) is 15.3. The summed E-state index contributed by atoms with van der Waals surface area (Å²) in [5.74, 6) is 1.76. The quantitative estimate of drug-likeness (QED) is 0.721. The second-order valence-corrected chi connectivity index (χ2v) is 5.65. The lowest BCUT2D eigenvalue weighted by Crippen LogP contribution is -2.22. The Labute approximate surface area is 136 Å². The van der Waals surface area contributed by atoms with Crippen LogP contribution in [0.2, 0.25) is 0 Å². The summed E-state index contributed by atoms with van der Waals surface area (Å²) in [6, 6.07) is 14.2. The van der Waals surface area contributed by atoms with Crippen molar-refractivity contribution in [1.82, 2.24) is 9.97 Å². The van der Waals surface area contributed by atoms with Crippen molar-refractivity contribution < 1.29 is 4.74 Å². The number of benzene rings is 1. The number of ether oxygens (including phenoxy) is 1. The Hall–Kier alpha value is -2.62. The van der Waals surface area contributed by atoms with E-state index in [1.165, 1.54) is 5.56 Å². The van der Waals surface area contributed by atoms with Crippen molar-refractivity contribution in [2.45, 2.75) is 13.3 Å². The predicted octanol–water partition coefficient (Wildman–Crippen LogP) is 3.63. The van der Waals surface area contributed by atoms with Gasteiger partial charge in [-0.3, -0.25) is 4.98 Å². The molecular formula is C19H21N3O. The van der Waals surface area contributed by atoms with Crippen LogP contribution >= 0.6 is 0 Å². The molecule has 0 spiro atoms. The van der Waals surface area contributed by atoms with Gasteiger partial charge in [0.05, 0.1) is 7.11 Å². The van der Waals surface area contributed by atoms with Crippen LogP contribution in [0.25, 0.3) is 10.9 Å². The largest absolute Gasteiger partial charge is 0.494 e. The zero-order valence-electron chi connectivity index (χ0n) is 13.8. The van der Waals surface area contributed by atoms with Gasteiger partial charge in [-0.05, 0) is 36.8 Å². The molecule has 0 atom stereocenters. The molecule has 4 nitrogen and oxygen atoms in total. The van der Waals surface area contributed by atoms with E-state index in [2.05, 4.69) is 42.1 Å². The topological polar surface area (TPSA) is 38.2 Å². The summed E-state index contributed by atoms with van der Waals surface area (Å²) in [6.07, 6.45) is 2.72. The number of aromatic nitrogens is 2. The molecule has 0 amide bonds. The maximum atomic E-state index is 5.46. The maximum Gasteiger partial charge on any atom is 0.145 e. The molecule has 0 bridgehead atoms. The molecule has 0 N–H and O–H groups in total. The van der Waals surface area contributed by atoms with Crippen molar-refractivity contribution >= 4 is 16.7 Å². The smallest absolute Gasteiger partial charge is 0.145 e. The van der Waals surface area contributed by atoms with Crippen LogP contribution in [0.15, 0.2) is 48.7 Å². The van der Waals surface area contributed by atoms with Crippen LogP contribution < -0.4 is 9.64 Å². The summed E-state index contributed by atoms with van der Waals surface area (Å²) in [6.45, 7) is 2.98. The monoisotopic (exact) mass is 307 g/mol. The van der Waals surface area contributed by atoms with Gasteiger partial charge in [-0.1, -0.05) is 18.2 Å². The Bertz CT molecular complexity index is 802. The van der Waals surface area contributed by atoms with Gasteiger partial charge in [-0.25, -0.2) is 4.98 Å². The Kier molecular flexibility index (Phi) is 4.42. The first-order valence-corrected chi connectivity index (χ1v) is 7.74. The first-order valence-electron chi connectivity index (χ1n) is 7.74. The average Bonchev–Trinajstić information content (AvgIpc) is 2.60. The minimum atomic E-state index is 0.811. The fraction of sp³-hybridized carbons (Fsp3) is 0.263. The molecule has 0 fully saturated rings. The molecule has 2 heterocycles. The maximum absolute atomic E-state index is 5.46. The zero-order valence-corrected chi connectivity index (χ0v) is 13.8. The summed E-state index contributed by atoms with van der Waals surface area (Å²) in [5.41, 5.74) is 3.21. The van der Waals surface area contributed by atoms with Crippen molar-refractivity contribution in [2.24, 2.45) is 0 Å². The molecular weight excluding hydrogens is 286 g/mol. The van der Waals surface area contributed by atoms with Crippen LogP contribution in [0.1, 0.15) is 11.3 Å². The number of fused-ring (bicyclic) bond motifs is 1. The summed E-state index contributed by atoms with van der Waals surface area (Å²) in [7, 11) is 3.75. The van der Waals surface area contributed by atoms with E-state index in [1.807, 2.05) is 30.5 Å². The van der Waals surface area contributed by atoms with Crippen molar-refractivity contribution in [3.05, 3.63) is 59.9 Å². The lowest BCUT2D eigenvalue weighted by atomic mass is 10.1. The van der Waals surface area contributed by atoms with Gasteiger partial charge in [-0.15, -0.1) is 0 Å². The molecule has 118 valence electrons. The van der Waals surface area contributed by atoms with Gasteiger partial charge < -0.3 is 9.64 Å². The minimum absolute atomic E-state index is 0.811. The number of hydrogen-bond donors (Lipinski definition) is 0. The van der Waals surface area contributed by atoms with E-state index < -0.39 is 0 Å². The van der Waals surface area contributed by atoms with Gasteiger partial charge in [0.25, 0.3) is 0 Å². The SMILES string of the molecule is COc1cccc2c(C)cc(N(C)CCc3ccccn3)nc12. The molecule has 0 unspecified atom stereocenters. The van der Waals surface area contributed by atoms with Gasteiger partial charge in [0.2, 0.25) is 0 Å². The highest BCUT2D eigenvalue weighted by molar-refractivity contribution is 5.88. The van der Waals surface area contributed by atoms with E-state index in [0.29, 0.717) is 0 Å². The van der Waals surface area contributed by atoms with Crippen LogP contribution in [-0.2, 0) is 6.42 Å². The van der Waals surface area contributed by atoms with Gasteiger partial charge in [-0.2, -0.15) is 0 Å². The van der Waals surface area contributed by atoms with E-state index in [0.717, 1.165) is 41.1 Å². The van der Waals surface area contributed by atoms with Gasteiger partial charge >= 0.3 is 0 Å². The molecule has 3 aromatic rings. The van der Waals surface area contributed by atoms with Crippen LogP contribution in [-0.4, -0.2) is 30.7 Å². The van der Waals surface area contributed by atoms with Crippen LogP contribution in [0.5, 0.6) is 5.75 Å². The number of likely N-dealkylation sites (N-methyl/N-ethyl adjacent to an activating group) is 1. The highest BCUT2D eigenvalue weighted by Gasteiger charge is 2.10. The predicted molar refractivity (Wildman–Crippen MR) is 94.2 cm³/mol. The molecule has 0 aliphatic carbocycles. The van der Waals surface area contributed by atoms with Crippen molar-refractivity contribution in [3.63, 3.8) is 0 Å². The van der Waals surface area contributed by atoms with E-state index >= 15 is 0 Å². The van der Waals surface area contributed by atoms with Gasteiger partial charge in [0.15, 0.2) is 0 Å². The second-order valence-electron chi connectivity index (χ2n) is 5.65. The number of pyridine rings is 2. The molecule has 0 saturated heterocycles. The first-order chi connectivity index (χ1) is 11.2. The highest BCUT2D eigenvalue weighted by Crippen LogP contribution is 2.28. The third-order valence-corrected chi connectivity index (χ3v) is 4.04. The fourth-order valence-corrected chi connectivity index (χ4v) is 2.68. The Morgan fingerprint density at radius 2 is 2.00 bits per heavy atom. The lowest BCUT2D eigenvalue weighted by Gasteiger charge is -2.20. The number of methoxy groups -OCH3 is 1. The highest BCUT2D eigenvalue weighted by atomic mass is 16.5. The molecule has 0 aliphatic rings. The lowest BCUT2D eigenvalue weighted by molar-refractivity contribution is 0.419. The third kappa shape index (κ3) is 3.26. The molecule has 23 heavy (non-hydrogen) atoms. The molecule has 3 rings (SSSR count). The number of nitrogens with zero attached hydrogens (tertiary/aromatic N) is 3. The van der Waals surface area contributed by atoms with E-state index in [9.17, 15) is 0 Å². The number of para-hydroxylation sites is 1. The summed E-state index contributed by atoms with van der Waals surface area (Å²) in [5, 5.41) is 1.13. The average molecular weight is 307 g/mol. The van der Waals surface area contributed by atoms with Crippen LogP contribution in [0.3, 0.4) is 0 Å². The molecule has 0 saturated carbocycles. The Morgan fingerprint density at radius 3 is 2.74 bits per heavy atom. The van der Waals surface area contributed by atoms with E-state index in [-0.39, 0.29) is 0 Å². The van der Waals surface area contributed by atoms with Crippen molar-refractivity contribution in [1.29, 1.82) is 0 Å². The van der Waals surface area contributed by atoms with Gasteiger partial charge in [0.1, 0.15) is 17.1 Å². The summed E-state index contributed by atoms with van der Waals surface area (Å²) < 4.78 is 5.46. The number of anilines is 1. The van der Waals surface area contributed by atoms with E-state index in [1.54, 1.807) is 7.11 Å². The fourth-order valence-electron chi connectivity index (χ4n) is 2.68. The van der Waals surface area contributed by atoms with Crippen LogP contribution in [0.4, 0.5) is 5.82 Å². The Morgan fingerprint density at radius 1 is 1.13 bits per heavy atom. The van der Waals surface area contributed by atoms with Crippen LogP contribution in [0, 0.1) is 6.92 Å². The number of hydrogen-bond acceptors (Lipinski definition) is 4. The molecule has 0 aliphatic heterocycles. The number of rotatable bonds is 5. The van der Waals surface area contributed by atoms with Crippen molar-refractivity contribution in [3.8, 4) is 5.75 Å². The Balaban J connectivity index is 1.87. The second kappa shape index (κ2) is 6.65. The van der Waals surface area contributed by atoms with Crippen molar-refractivity contribution in [2.75, 3.05) is 25.6 Å². The normalized spacial score (nSPS) is 10.7. The van der Waals surface area contributed by atoms with Gasteiger partial charge in [0, 0.05) is 37.3 Å². The third-order valence-electron chi connectivity index (χ3n) is 4.04. The molecule has 0 radical (unpaired) electrons. The van der Waals surface area contributed by atoms with E-state index in [4.69, 9.17) is 9.72 Å². The minimum Gasteiger partial charge on any atom is -0.494 e. The molecule has 1 aromatic carbocycles. The summed E-state index contributed by atoms with van der Waals surface area (Å²) in [4.78, 5) is 11.3.